The van der Waals surface area contributed by atoms with E-state index in [1.165, 1.54) is 5.56 Å². The van der Waals surface area contributed by atoms with E-state index in [0.29, 0.717) is 0 Å². The summed E-state index contributed by atoms with van der Waals surface area (Å²) in [4.78, 5) is 8.76. The van der Waals surface area contributed by atoms with Crippen LogP contribution in [0, 0.1) is 0 Å². The van der Waals surface area contributed by atoms with Crippen LogP contribution < -0.4 is 10.6 Å². The van der Waals surface area contributed by atoms with Gasteiger partial charge in [0.1, 0.15) is 18.0 Å². The number of halogens is 1. The number of benzene rings is 1. The van der Waals surface area contributed by atoms with E-state index in [2.05, 4.69) is 56.4 Å². The quantitative estimate of drug-likeness (QED) is 0.785. The van der Waals surface area contributed by atoms with Gasteiger partial charge in [0.15, 0.2) is 0 Å². The number of nitrogens with one attached hydrogen (secondary N) is 2. The standard InChI is InChI=1S/C16H21BrN4/c1-3-7-13-15(18-4-2)20-11-21-16(13)19-10-12-8-5-6-9-14(12)17/h5-6,8-9,11H,3-4,7,10H2,1-2H3,(H2,18,19,20,21). The highest BCUT2D eigenvalue weighted by Crippen LogP contribution is 2.23. The van der Waals surface area contributed by atoms with E-state index in [-0.39, 0.29) is 0 Å². The highest BCUT2D eigenvalue weighted by molar-refractivity contribution is 9.10. The first-order chi connectivity index (χ1) is 10.3. The summed E-state index contributed by atoms with van der Waals surface area (Å²) in [5.41, 5.74) is 2.37. The van der Waals surface area contributed by atoms with Gasteiger partial charge in [-0.15, -0.1) is 0 Å². The number of anilines is 2. The van der Waals surface area contributed by atoms with Crippen LogP contribution in [0.1, 0.15) is 31.4 Å². The zero-order valence-corrected chi connectivity index (χ0v) is 14.1. The van der Waals surface area contributed by atoms with Crippen LogP contribution in [0.2, 0.25) is 0 Å². The lowest BCUT2D eigenvalue weighted by molar-refractivity contribution is 0.895. The molecule has 0 atom stereocenters. The van der Waals surface area contributed by atoms with Gasteiger partial charge in [-0.2, -0.15) is 0 Å². The summed E-state index contributed by atoms with van der Waals surface area (Å²) in [6.07, 6.45) is 3.64. The normalized spacial score (nSPS) is 10.4. The van der Waals surface area contributed by atoms with Crippen molar-refractivity contribution in [2.24, 2.45) is 0 Å². The van der Waals surface area contributed by atoms with Gasteiger partial charge < -0.3 is 10.6 Å². The molecule has 0 bridgehead atoms. The SMILES string of the molecule is CCCc1c(NCC)ncnc1NCc1ccccc1Br. The van der Waals surface area contributed by atoms with Crippen LogP contribution in [0.3, 0.4) is 0 Å². The maximum Gasteiger partial charge on any atom is 0.134 e. The summed E-state index contributed by atoms with van der Waals surface area (Å²) >= 11 is 3.57. The van der Waals surface area contributed by atoms with Crippen molar-refractivity contribution in [3.63, 3.8) is 0 Å². The minimum atomic E-state index is 0.737. The molecule has 2 rings (SSSR count). The van der Waals surface area contributed by atoms with Gasteiger partial charge in [0, 0.05) is 23.1 Å². The molecule has 0 unspecified atom stereocenters. The molecule has 5 heteroatoms. The number of nitrogens with zero attached hydrogens (tertiary/aromatic N) is 2. The second kappa shape index (κ2) is 7.98. The summed E-state index contributed by atoms with van der Waals surface area (Å²) < 4.78 is 1.11. The molecule has 21 heavy (non-hydrogen) atoms. The van der Waals surface area contributed by atoms with E-state index >= 15 is 0 Å². The Balaban J connectivity index is 2.19. The molecule has 0 saturated carbocycles. The van der Waals surface area contributed by atoms with Crippen LogP contribution in [0.5, 0.6) is 0 Å². The predicted molar refractivity (Wildman–Crippen MR) is 91.7 cm³/mol. The van der Waals surface area contributed by atoms with Gasteiger partial charge in [-0.25, -0.2) is 9.97 Å². The van der Waals surface area contributed by atoms with Crippen molar-refractivity contribution in [1.29, 1.82) is 0 Å². The van der Waals surface area contributed by atoms with Crippen LogP contribution in [-0.2, 0) is 13.0 Å². The Morgan fingerprint density at radius 1 is 1.05 bits per heavy atom. The van der Waals surface area contributed by atoms with E-state index in [1.54, 1.807) is 6.33 Å². The van der Waals surface area contributed by atoms with Crippen LogP contribution in [0.15, 0.2) is 35.1 Å². The molecule has 1 aromatic carbocycles. The first-order valence-electron chi connectivity index (χ1n) is 7.31. The average Bonchev–Trinajstić information content (AvgIpc) is 2.49. The fraction of sp³-hybridized carbons (Fsp3) is 0.375. The van der Waals surface area contributed by atoms with Crippen LogP contribution in [0.4, 0.5) is 11.6 Å². The Kier molecular flexibility index (Phi) is 5.99. The molecule has 0 aliphatic heterocycles. The predicted octanol–water partition coefficient (Wildman–Crippen LogP) is 4.24. The molecule has 2 N–H and O–H groups in total. The van der Waals surface area contributed by atoms with Gasteiger partial charge in [0.05, 0.1) is 0 Å². The van der Waals surface area contributed by atoms with Crippen molar-refractivity contribution in [1.82, 2.24) is 9.97 Å². The zero-order valence-electron chi connectivity index (χ0n) is 12.5. The lowest BCUT2D eigenvalue weighted by Crippen LogP contribution is -2.10. The summed E-state index contributed by atoms with van der Waals surface area (Å²) in [6.45, 7) is 5.84. The van der Waals surface area contributed by atoms with Crippen LogP contribution >= 0.6 is 15.9 Å². The van der Waals surface area contributed by atoms with Gasteiger partial charge in [0.25, 0.3) is 0 Å². The number of aromatic nitrogens is 2. The Labute approximate surface area is 134 Å². The molecule has 112 valence electrons. The molecule has 0 spiro atoms. The molecule has 2 aromatic rings. The van der Waals surface area contributed by atoms with E-state index in [1.807, 2.05) is 18.2 Å². The molecule has 0 radical (unpaired) electrons. The number of hydrogen-bond donors (Lipinski definition) is 2. The molecule has 0 saturated heterocycles. The third kappa shape index (κ3) is 4.17. The van der Waals surface area contributed by atoms with Gasteiger partial charge in [-0.05, 0) is 25.0 Å². The largest absolute Gasteiger partial charge is 0.370 e. The maximum absolute atomic E-state index is 4.41. The third-order valence-corrected chi connectivity index (χ3v) is 3.97. The first kappa shape index (κ1) is 15.8. The molecule has 1 heterocycles. The molecular weight excluding hydrogens is 328 g/mol. The second-order valence-corrected chi connectivity index (χ2v) is 5.63. The minimum Gasteiger partial charge on any atom is -0.370 e. The summed E-state index contributed by atoms with van der Waals surface area (Å²) in [6, 6.07) is 8.21. The third-order valence-electron chi connectivity index (χ3n) is 3.19. The van der Waals surface area contributed by atoms with Crippen molar-refractivity contribution in [3.8, 4) is 0 Å². The summed E-state index contributed by atoms with van der Waals surface area (Å²) in [5.74, 6) is 1.85. The molecule has 4 nitrogen and oxygen atoms in total. The molecule has 0 amide bonds. The van der Waals surface area contributed by atoms with Gasteiger partial charge >= 0.3 is 0 Å². The number of hydrogen-bond acceptors (Lipinski definition) is 4. The molecule has 0 aliphatic carbocycles. The topological polar surface area (TPSA) is 49.8 Å². The Hall–Kier alpha value is -1.62. The average molecular weight is 349 g/mol. The lowest BCUT2D eigenvalue weighted by Gasteiger charge is -2.15. The van der Waals surface area contributed by atoms with Crippen molar-refractivity contribution in [3.05, 3.63) is 46.2 Å². The Bertz CT molecular complexity index is 586. The highest BCUT2D eigenvalue weighted by atomic mass is 79.9. The highest BCUT2D eigenvalue weighted by Gasteiger charge is 2.10. The maximum atomic E-state index is 4.41. The molecule has 0 aliphatic rings. The van der Waals surface area contributed by atoms with E-state index in [9.17, 15) is 0 Å². The van der Waals surface area contributed by atoms with Crippen LogP contribution in [0.25, 0.3) is 0 Å². The fourth-order valence-electron chi connectivity index (χ4n) is 2.19. The van der Waals surface area contributed by atoms with Gasteiger partial charge in [-0.1, -0.05) is 47.5 Å². The Morgan fingerprint density at radius 2 is 1.76 bits per heavy atom. The minimum absolute atomic E-state index is 0.737. The van der Waals surface area contributed by atoms with E-state index < -0.39 is 0 Å². The second-order valence-electron chi connectivity index (χ2n) is 4.77. The van der Waals surface area contributed by atoms with E-state index in [4.69, 9.17) is 0 Å². The monoisotopic (exact) mass is 348 g/mol. The summed E-state index contributed by atoms with van der Waals surface area (Å²) in [5, 5.41) is 6.74. The first-order valence-corrected chi connectivity index (χ1v) is 8.10. The van der Waals surface area contributed by atoms with E-state index in [0.717, 1.165) is 47.6 Å². The smallest absolute Gasteiger partial charge is 0.134 e. The van der Waals surface area contributed by atoms with Crippen molar-refractivity contribution in [2.75, 3.05) is 17.2 Å². The van der Waals surface area contributed by atoms with Crippen molar-refractivity contribution < 1.29 is 0 Å². The van der Waals surface area contributed by atoms with Gasteiger partial charge in [0.2, 0.25) is 0 Å². The van der Waals surface area contributed by atoms with Crippen molar-refractivity contribution in [2.45, 2.75) is 33.2 Å². The lowest BCUT2D eigenvalue weighted by atomic mass is 10.1. The van der Waals surface area contributed by atoms with Crippen molar-refractivity contribution >= 4 is 27.6 Å². The Morgan fingerprint density at radius 3 is 2.43 bits per heavy atom. The fourth-order valence-corrected chi connectivity index (χ4v) is 2.62. The van der Waals surface area contributed by atoms with Gasteiger partial charge in [-0.3, -0.25) is 0 Å². The summed E-state index contributed by atoms with van der Waals surface area (Å²) in [7, 11) is 0. The zero-order chi connectivity index (χ0) is 15.1. The molecule has 1 aromatic heterocycles. The molecule has 0 fully saturated rings. The molecular formula is C16H21BrN4. The van der Waals surface area contributed by atoms with Crippen LogP contribution in [-0.4, -0.2) is 16.5 Å². The number of rotatable bonds is 7.